The molecule has 0 spiro atoms. The zero-order valence-electron chi connectivity index (χ0n) is 12.9. The van der Waals surface area contributed by atoms with Gasteiger partial charge < -0.3 is 5.32 Å². The minimum absolute atomic E-state index is 0.400. The van der Waals surface area contributed by atoms with Crippen LogP contribution >= 0.6 is 11.6 Å². The summed E-state index contributed by atoms with van der Waals surface area (Å²) in [4.78, 5) is 0. The molecule has 0 amide bonds. The average Bonchev–Trinajstić information content (AvgIpc) is 2.98. The Labute approximate surface area is 131 Å². The third-order valence-corrected chi connectivity index (χ3v) is 5.05. The number of halogens is 1. The van der Waals surface area contributed by atoms with Gasteiger partial charge in [0, 0.05) is 13.1 Å². The van der Waals surface area contributed by atoms with Crippen LogP contribution in [0, 0.1) is 5.92 Å². The summed E-state index contributed by atoms with van der Waals surface area (Å²) in [6.45, 7) is 2.10. The molecule has 2 aromatic rings. The number of nitrogens with zero attached hydrogens (tertiary/aromatic N) is 2. The highest BCUT2D eigenvalue weighted by Gasteiger charge is 2.32. The second kappa shape index (κ2) is 5.82. The maximum Gasteiger partial charge on any atom is 0.0849 e. The van der Waals surface area contributed by atoms with Gasteiger partial charge in [-0.1, -0.05) is 42.8 Å². The highest BCUT2D eigenvalue weighted by Crippen LogP contribution is 2.38. The fourth-order valence-corrected chi connectivity index (χ4v) is 3.92. The number of benzene rings is 1. The van der Waals surface area contributed by atoms with Crippen molar-refractivity contribution in [3.05, 3.63) is 51.8 Å². The predicted octanol–water partition coefficient (Wildman–Crippen LogP) is 3.31. The van der Waals surface area contributed by atoms with E-state index in [-0.39, 0.29) is 0 Å². The van der Waals surface area contributed by atoms with Crippen molar-refractivity contribution >= 4 is 11.6 Å². The highest BCUT2D eigenvalue weighted by atomic mass is 35.5. The topological polar surface area (TPSA) is 29.9 Å². The second-order valence-electron chi connectivity index (χ2n) is 5.82. The van der Waals surface area contributed by atoms with Gasteiger partial charge in [-0.25, -0.2) is 0 Å². The second-order valence-corrected chi connectivity index (χ2v) is 6.20. The Morgan fingerprint density at radius 3 is 2.81 bits per heavy atom. The zero-order valence-corrected chi connectivity index (χ0v) is 13.6. The van der Waals surface area contributed by atoms with Gasteiger partial charge in [-0.3, -0.25) is 4.68 Å². The molecule has 0 saturated heterocycles. The van der Waals surface area contributed by atoms with Crippen LogP contribution in [-0.4, -0.2) is 16.8 Å². The van der Waals surface area contributed by atoms with Crippen LogP contribution in [0.1, 0.15) is 35.5 Å². The lowest BCUT2D eigenvalue weighted by Crippen LogP contribution is -2.24. The number of aromatic nitrogens is 2. The standard InChI is InChI=1S/C17H22ClN3/c1-4-14-16(18)15(21(3)20-14)10-12-9-11-7-5-6-8-13(11)17(12)19-2/h5-8,12,17,19H,4,9-10H2,1-3H3. The fourth-order valence-electron chi connectivity index (χ4n) is 3.55. The Kier molecular flexibility index (Phi) is 4.05. The van der Waals surface area contributed by atoms with E-state index in [1.54, 1.807) is 0 Å². The van der Waals surface area contributed by atoms with E-state index >= 15 is 0 Å². The number of fused-ring (bicyclic) bond motifs is 1. The van der Waals surface area contributed by atoms with Crippen molar-refractivity contribution in [3.63, 3.8) is 0 Å². The summed E-state index contributed by atoms with van der Waals surface area (Å²) in [7, 11) is 4.04. The van der Waals surface area contributed by atoms with Crippen molar-refractivity contribution < 1.29 is 0 Å². The summed E-state index contributed by atoms with van der Waals surface area (Å²) in [6.07, 6.45) is 2.94. The summed E-state index contributed by atoms with van der Waals surface area (Å²) < 4.78 is 1.96. The van der Waals surface area contributed by atoms with Crippen LogP contribution in [-0.2, 0) is 26.3 Å². The molecule has 3 rings (SSSR count). The Hall–Kier alpha value is -1.32. The molecule has 112 valence electrons. The molecule has 1 aliphatic rings. The lowest BCUT2D eigenvalue weighted by Gasteiger charge is -2.20. The van der Waals surface area contributed by atoms with Crippen LogP contribution < -0.4 is 5.32 Å². The van der Waals surface area contributed by atoms with Gasteiger partial charge in [0.1, 0.15) is 0 Å². The van der Waals surface area contributed by atoms with Crippen LogP contribution in [0.25, 0.3) is 0 Å². The van der Waals surface area contributed by atoms with Gasteiger partial charge in [-0.2, -0.15) is 5.10 Å². The molecule has 0 radical (unpaired) electrons. The molecule has 21 heavy (non-hydrogen) atoms. The number of aryl methyl sites for hydroxylation is 2. The minimum atomic E-state index is 0.400. The van der Waals surface area contributed by atoms with Crippen molar-refractivity contribution in [3.8, 4) is 0 Å². The normalized spacial score (nSPS) is 20.8. The molecule has 1 heterocycles. The van der Waals surface area contributed by atoms with Crippen molar-refractivity contribution in [1.29, 1.82) is 0 Å². The first-order chi connectivity index (χ1) is 10.2. The van der Waals surface area contributed by atoms with Crippen LogP contribution in [0.2, 0.25) is 5.02 Å². The lowest BCUT2D eigenvalue weighted by molar-refractivity contribution is 0.401. The summed E-state index contributed by atoms with van der Waals surface area (Å²) in [5.74, 6) is 0.532. The summed E-state index contributed by atoms with van der Waals surface area (Å²) >= 11 is 6.51. The number of rotatable bonds is 4. The average molecular weight is 304 g/mol. The van der Waals surface area contributed by atoms with E-state index in [2.05, 4.69) is 41.6 Å². The molecule has 1 N–H and O–H groups in total. The smallest absolute Gasteiger partial charge is 0.0849 e. The van der Waals surface area contributed by atoms with Crippen molar-refractivity contribution in [2.75, 3.05) is 7.05 Å². The molecule has 2 atom stereocenters. The third kappa shape index (κ3) is 2.49. The molecule has 0 fully saturated rings. The first-order valence-corrected chi connectivity index (χ1v) is 7.98. The van der Waals surface area contributed by atoms with Crippen molar-refractivity contribution in [2.24, 2.45) is 13.0 Å². The molecule has 1 aromatic heterocycles. The van der Waals surface area contributed by atoms with Gasteiger partial charge in [0.15, 0.2) is 0 Å². The summed E-state index contributed by atoms with van der Waals surface area (Å²) in [6, 6.07) is 9.12. The van der Waals surface area contributed by atoms with Gasteiger partial charge in [-0.15, -0.1) is 0 Å². The Morgan fingerprint density at radius 1 is 1.38 bits per heavy atom. The van der Waals surface area contributed by atoms with Gasteiger partial charge in [-0.05, 0) is 43.4 Å². The summed E-state index contributed by atoms with van der Waals surface area (Å²) in [5.41, 5.74) is 5.05. The van der Waals surface area contributed by atoms with E-state index in [9.17, 15) is 0 Å². The van der Waals surface area contributed by atoms with E-state index in [1.165, 1.54) is 11.1 Å². The largest absolute Gasteiger partial charge is 0.313 e. The van der Waals surface area contributed by atoms with E-state index in [0.29, 0.717) is 12.0 Å². The monoisotopic (exact) mass is 303 g/mol. The molecule has 3 nitrogen and oxygen atoms in total. The van der Waals surface area contributed by atoms with Crippen LogP contribution in [0.3, 0.4) is 0 Å². The lowest BCUT2D eigenvalue weighted by atomic mass is 9.95. The SMILES string of the molecule is CCc1nn(C)c(CC2Cc3ccccc3C2NC)c1Cl. The van der Waals surface area contributed by atoms with Crippen LogP contribution in [0.15, 0.2) is 24.3 Å². The van der Waals surface area contributed by atoms with E-state index in [0.717, 1.165) is 35.7 Å². The van der Waals surface area contributed by atoms with Gasteiger partial charge in [0.2, 0.25) is 0 Å². The maximum atomic E-state index is 6.51. The van der Waals surface area contributed by atoms with Gasteiger partial charge >= 0.3 is 0 Å². The predicted molar refractivity (Wildman–Crippen MR) is 86.7 cm³/mol. The maximum absolute atomic E-state index is 6.51. The third-order valence-electron chi connectivity index (χ3n) is 4.61. The molecule has 1 aromatic carbocycles. The first kappa shape index (κ1) is 14.6. The number of hydrogen-bond donors (Lipinski definition) is 1. The van der Waals surface area contributed by atoms with Gasteiger partial charge in [0.25, 0.3) is 0 Å². The number of nitrogens with one attached hydrogen (secondary N) is 1. The quantitative estimate of drug-likeness (QED) is 0.939. The molecule has 4 heteroatoms. The van der Waals surface area contributed by atoms with Crippen molar-refractivity contribution in [2.45, 2.75) is 32.2 Å². The Morgan fingerprint density at radius 2 is 2.14 bits per heavy atom. The molecular formula is C17H22ClN3. The minimum Gasteiger partial charge on any atom is -0.313 e. The molecule has 0 bridgehead atoms. The highest BCUT2D eigenvalue weighted by molar-refractivity contribution is 6.31. The molecule has 2 unspecified atom stereocenters. The number of hydrogen-bond acceptors (Lipinski definition) is 2. The fraction of sp³-hybridized carbons (Fsp3) is 0.471. The summed E-state index contributed by atoms with van der Waals surface area (Å²) in [5, 5.41) is 8.87. The molecule has 1 aliphatic carbocycles. The van der Waals surface area contributed by atoms with Crippen LogP contribution in [0.5, 0.6) is 0 Å². The molecule has 0 saturated carbocycles. The zero-order chi connectivity index (χ0) is 15.0. The van der Waals surface area contributed by atoms with E-state index in [4.69, 9.17) is 11.6 Å². The van der Waals surface area contributed by atoms with Crippen molar-refractivity contribution in [1.82, 2.24) is 15.1 Å². The van der Waals surface area contributed by atoms with E-state index in [1.807, 2.05) is 18.8 Å². The van der Waals surface area contributed by atoms with E-state index < -0.39 is 0 Å². The molecular weight excluding hydrogens is 282 g/mol. The molecule has 0 aliphatic heterocycles. The van der Waals surface area contributed by atoms with Crippen LogP contribution in [0.4, 0.5) is 0 Å². The first-order valence-electron chi connectivity index (χ1n) is 7.61. The Balaban J connectivity index is 1.88. The Bertz CT molecular complexity index is 647. The van der Waals surface area contributed by atoms with Gasteiger partial charge in [0.05, 0.1) is 16.4 Å².